The van der Waals surface area contributed by atoms with Gasteiger partial charge in [-0.05, 0) is 50.8 Å². The van der Waals surface area contributed by atoms with Gasteiger partial charge in [-0.15, -0.1) is 11.3 Å². The number of hydrogen-bond acceptors (Lipinski definition) is 6. The third-order valence-electron chi connectivity index (χ3n) is 5.43. The molecule has 2 aromatic heterocycles. The zero-order valence-electron chi connectivity index (χ0n) is 15.7. The van der Waals surface area contributed by atoms with Crippen molar-refractivity contribution in [2.45, 2.75) is 45.1 Å². The Morgan fingerprint density at radius 1 is 1.19 bits per heavy atom. The summed E-state index contributed by atoms with van der Waals surface area (Å²) in [6.07, 6.45) is 7.32. The summed E-state index contributed by atoms with van der Waals surface area (Å²) in [6, 6.07) is 0. The van der Waals surface area contributed by atoms with E-state index in [0.29, 0.717) is 6.54 Å². The number of piperidine rings is 1. The number of rotatable bonds is 5. The summed E-state index contributed by atoms with van der Waals surface area (Å²) in [4.78, 5) is 28.7. The number of amides is 1. The number of likely N-dealkylation sites (N-methyl/N-ethyl adjacent to an activating group) is 2. The van der Waals surface area contributed by atoms with Gasteiger partial charge in [0.05, 0.1) is 18.5 Å². The van der Waals surface area contributed by atoms with Gasteiger partial charge in [-0.1, -0.05) is 6.42 Å². The van der Waals surface area contributed by atoms with Gasteiger partial charge in [0.1, 0.15) is 16.5 Å². The van der Waals surface area contributed by atoms with E-state index in [4.69, 9.17) is 9.97 Å². The number of aryl methyl sites for hydroxylation is 2. The molecule has 140 valence electrons. The van der Waals surface area contributed by atoms with Crippen LogP contribution in [-0.4, -0.2) is 54.5 Å². The molecule has 26 heavy (non-hydrogen) atoms. The molecule has 0 bridgehead atoms. The molecular weight excluding hydrogens is 346 g/mol. The maximum Gasteiger partial charge on any atom is 0.239 e. The monoisotopic (exact) mass is 373 g/mol. The van der Waals surface area contributed by atoms with E-state index in [0.717, 1.165) is 48.9 Å². The molecule has 3 heterocycles. The maximum absolute atomic E-state index is 11.9. The van der Waals surface area contributed by atoms with Crippen LogP contribution in [0.1, 0.15) is 41.9 Å². The molecule has 2 aliphatic rings. The van der Waals surface area contributed by atoms with Crippen molar-refractivity contribution in [2.75, 3.05) is 38.6 Å². The van der Waals surface area contributed by atoms with E-state index in [1.54, 1.807) is 7.05 Å². The van der Waals surface area contributed by atoms with Crippen molar-refractivity contribution in [1.29, 1.82) is 0 Å². The minimum atomic E-state index is 0.00344. The maximum atomic E-state index is 11.9. The smallest absolute Gasteiger partial charge is 0.239 e. The second-order valence-electron chi connectivity index (χ2n) is 7.37. The number of hydrogen-bond donors (Lipinski definition) is 1. The van der Waals surface area contributed by atoms with Gasteiger partial charge in [0.15, 0.2) is 0 Å². The first-order chi connectivity index (χ1) is 12.7. The molecule has 4 rings (SSSR count). The van der Waals surface area contributed by atoms with Gasteiger partial charge >= 0.3 is 0 Å². The number of likely N-dealkylation sites (tertiary alicyclic amines) is 1. The Balaban J connectivity index is 1.71. The van der Waals surface area contributed by atoms with Gasteiger partial charge < -0.3 is 10.2 Å². The lowest BCUT2D eigenvalue weighted by Crippen LogP contribution is -2.34. The van der Waals surface area contributed by atoms with Crippen LogP contribution in [-0.2, 0) is 24.2 Å². The van der Waals surface area contributed by atoms with E-state index in [2.05, 4.69) is 10.2 Å². The van der Waals surface area contributed by atoms with E-state index in [-0.39, 0.29) is 5.91 Å². The molecule has 7 heteroatoms. The number of thiophene rings is 1. The molecule has 1 N–H and O–H groups in total. The molecule has 0 radical (unpaired) electrons. The highest BCUT2D eigenvalue weighted by atomic mass is 32.1. The van der Waals surface area contributed by atoms with Crippen LogP contribution in [0.25, 0.3) is 10.2 Å². The predicted molar refractivity (Wildman–Crippen MR) is 106 cm³/mol. The Morgan fingerprint density at radius 2 is 2.00 bits per heavy atom. The van der Waals surface area contributed by atoms with Gasteiger partial charge in [0.2, 0.25) is 5.91 Å². The first kappa shape index (κ1) is 17.7. The van der Waals surface area contributed by atoms with E-state index < -0.39 is 0 Å². The number of fused-ring (bicyclic) bond motifs is 3. The summed E-state index contributed by atoms with van der Waals surface area (Å²) in [5, 5.41) is 3.89. The highest BCUT2D eigenvalue weighted by Crippen LogP contribution is 2.40. The van der Waals surface area contributed by atoms with Gasteiger partial charge in [0.25, 0.3) is 0 Å². The molecule has 1 aliphatic carbocycles. The van der Waals surface area contributed by atoms with Crippen molar-refractivity contribution < 1.29 is 4.79 Å². The second kappa shape index (κ2) is 7.48. The quantitative estimate of drug-likeness (QED) is 0.872. The fourth-order valence-electron chi connectivity index (χ4n) is 4.05. The van der Waals surface area contributed by atoms with Gasteiger partial charge in [-0.3, -0.25) is 9.69 Å². The average molecular weight is 374 g/mol. The molecule has 1 aliphatic heterocycles. The molecule has 2 aromatic rings. The SMILES string of the molecule is CNC(=O)CN(C)c1nc(CN2CCCCC2)nc2sc3c(c12)CCC3. The second-order valence-corrected chi connectivity index (χ2v) is 8.45. The molecule has 1 fully saturated rings. The Bertz CT molecular complexity index is 812. The number of aromatic nitrogens is 2. The number of carbonyl (C=O) groups excluding carboxylic acids is 1. The molecule has 1 saturated heterocycles. The van der Waals surface area contributed by atoms with Crippen LogP contribution in [0.3, 0.4) is 0 Å². The van der Waals surface area contributed by atoms with Gasteiger partial charge in [-0.25, -0.2) is 9.97 Å². The van der Waals surface area contributed by atoms with Crippen molar-refractivity contribution in [2.24, 2.45) is 0 Å². The van der Waals surface area contributed by atoms with E-state index in [1.165, 1.54) is 41.5 Å². The van der Waals surface area contributed by atoms with Crippen LogP contribution < -0.4 is 10.2 Å². The van der Waals surface area contributed by atoms with Crippen molar-refractivity contribution in [3.8, 4) is 0 Å². The Kier molecular flexibility index (Phi) is 5.09. The van der Waals surface area contributed by atoms with Crippen LogP contribution in [0.15, 0.2) is 0 Å². The standard InChI is InChI=1S/C19H27N5OS/c1-20-16(25)12-23(2)18-17-13-7-6-8-14(13)26-19(17)22-15(21-18)11-24-9-4-3-5-10-24/h3-12H2,1-2H3,(H,20,25). The Labute approximate surface area is 158 Å². The summed E-state index contributed by atoms with van der Waals surface area (Å²) in [7, 11) is 3.64. The van der Waals surface area contributed by atoms with Crippen LogP contribution in [0.5, 0.6) is 0 Å². The van der Waals surface area contributed by atoms with Crippen molar-refractivity contribution in [3.63, 3.8) is 0 Å². The summed E-state index contributed by atoms with van der Waals surface area (Å²) >= 11 is 1.82. The molecule has 0 saturated carbocycles. The first-order valence-electron chi connectivity index (χ1n) is 9.61. The number of nitrogens with zero attached hydrogens (tertiary/aromatic N) is 4. The summed E-state index contributed by atoms with van der Waals surface area (Å²) in [5.74, 6) is 1.81. The zero-order chi connectivity index (χ0) is 18.1. The van der Waals surface area contributed by atoms with Crippen molar-refractivity contribution >= 4 is 33.3 Å². The Morgan fingerprint density at radius 3 is 2.77 bits per heavy atom. The van der Waals surface area contributed by atoms with E-state index in [1.807, 2.05) is 23.3 Å². The molecule has 6 nitrogen and oxygen atoms in total. The molecular formula is C19H27N5OS. The Hall–Kier alpha value is -1.73. The first-order valence-corrected chi connectivity index (χ1v) is 10.4. The molecule has 1 amide bonds. The number of nitrogens with one attached hydrogen (secondary N) is 1. The normalized spacial score (nSPS) is 17.5. The van der Waals surface area contributed by atoms with Gasteiger partial charge in [-0.2, -0.15) is 0 Å². The molecule has 0 unspecified atom stereocenters. The molecule has 0 spiro atoms. The summed E-state index contributed by atoms with van der Waals surface area (Å²) < 4.78 is 0. The van der Waals surface area contributed by atoms with Crippen LogP contribution >= 0.6 is 11.3 Å². The fraction of sp³-hybridized carbons (Fsp3) is 0.632. The van der Waals surface area contributed by atoms with Crippen molar-refractivity contribution in [1.82, 2.24) is 20.2 Å². The lowest BCUT2D eigenvalue weighted by Gasteiger charge is -2.26. The van der Waals surface area contributed by atoms with Crippen LogP contribution in [0.2, 0.25) is 0 Å². The molecule has 0 atom stereocenters. The number of anilines is 1. The topological polar surface area (TPSA) is 61.4 Å². The fourth-order valence-corrected chi connectivity index (χ4v) is 5.33. The zero-order valence-corrected chi connectivity index (χ0v) is 16.5. The summed E-state index contributed by atoms with van der Waals surface area (Å²) in [5.41, 5.74) is 1.41. The highest BCUT2D eigenvalue weighted by molar-refractivity contribution is 7.19. The van der Waals surface area contributed by atoms with E-state index >= 15 is 0 Å². The number of carbonyl (C=O) groups is 1. The summed E-state index contributed by atoms with van der Waals surface area (Å²) in [6.45, 7) is 3.38. The molecule has 0 aromatic carbocycles. The van der Waals surface area contributed by atoms with E-state index in [9.17, 15) is 4.79 Å². The van der Waals surface area contributed by atoms with Crippen LogP contribution in [0.4, 0.5) is 5.82 Å². The predicted octanol–water partition coefficient (Wildman–Crippen LogP) is 2.35. The minimum Gasteiger partial charge on any atom is -0.358 e. The van der Waals surface area contributed by atoms with Crippen LogP contribution in [0, 0.1) is 0 Å². The van der Waals surface area contributed by atoms with Gasteiger partial charge in [0, 0.05) is 19.0 Å². The van der Waals surface area contributed by atoms with Crippen molar-refractivity contribution in [3.05, 3.63) is 16.3 Å². The largest absolute Gasteiger partial charge is 0.358 e. The lowest BCUT2D eigenvalue weighted by molar-refractivity contribution is -0.119. The average Bonchev–Trinajstić information content (AvgIpc) is 3.22. The minimum absolute atomic E-state index is 0.00344. The third-order valence-corrected chi connectivity index (χ3v) is 6.61. The third kappa shape index (κ3) is 3.42. The lowest BCUT2D eigenvalue weighted by atomic mass is 10.1. The highest BCUT2D eigenvalue weighted by Gasteiger charge is 2.25.